The molecule has 0 saturated heterocycles. The lowest BCUT2D eigenvalue weighted by atomic mass is 9.98. The van der Waals surface area contributed by atoms with E-state index in [9.17, 15) is 0 Å². The zero-order chi connectivity index (χ0) is 15.0. The first-order chi connectivity index (χ1) is 9.71. The minimum atomic E-state index is 0.116. The van der Waals surface area contributed by atoms with Crippen LogP contribution in [0.3, 0.4) is 0 Å². The molecule has 1 N–H and O–H groups in total. The fraction of sp³-hybridized carbons (Fsp3) is 0.625. The molecule has 4 nitrogen and oxygen atoms in total. The molecule has 0 saturated carbocycles. The van der Waals surface area contributed by atoms with E-state index in [0.717, 1.165) is 30.0 Å². The van der Waals surface area contributed by atoms with Crippen LogP contribution in [0.2, 0.25) is 0 Å². The first kappa shape index (κ1) is 16.8. The maximum Gasteiger partial charge on any atom is 0.127 e. The van der Waals surface area contributed by atoms with Gasteiger partial charge in [0.15, 0.2) is 0 Å². The number of hydrogen-bond donors (Lipinski definition) is 1. The molecular weight excluding hydrogens is 254 g/mol. The minimum Gasteiger partial charge on any atom is -0.497 e. The third-order valence-electron chi connectivity index (χ3n) is 3.35. The number of likely N-dealkylation sites (N-methyl/N-ethyl adjacent to an activating group) is 1. The van der Waals surface area contributed by atoms with Gasteiger partial charge in [0.1, 0.15) is 11.5 Å². The Labute approximate surface area is 122 Å². The molecule has 0 fully saturated rings. The van der Waals surface area contributed by atoms with Crippen LogP contribution < -0.4 is 14.8 Å². The van der Waals surface area contributed by atoms with Gasteiger partial charge in [0, 0.05) is 18.2 Å². The number of nitrogens with one attached hydrogen (secondary N) is 1. The van der Waals surface area contributed by atoms with E-state index in [1.165, 1.54) is 0 Å². The second-order valence-electron chi connectivity index (χ2n) is 4.55. The highest BCUT2D eigenvalue weighted by Crippen LogP contribution is 2.32. The van der Waals surface area contributed by atoms with Gasteiger partial charge >= 0.3 is 0 Å². The summed E-state index contributed by atoms with van der Waals surface area (Å²) in [6.07, 6.45) is 1.07. The van der Waals surface area contributed by atoms with Crippen molar-refractivity contribution in [1.82, 2.24) is 5.32 Å². The van der Waals surface area contributed by atoms with Crippen LogP contribution in [0.4, 0.5) is 0 Å². The molecule has 2 unspecified atom stereocenters. The van der Waals surface area contributed by atoms with Crippen molar-refractivity contribution in [1.29, 1.82) is 0 Å². The molecule has 0 heterocycles. The van der Waals surface area contributed by atoms with E-state index in [1.807, 2.05) is 25.1 Å². The highest BCUT2D eigenvalue weighted by molar-refractivity contribution is 5.43. The standard InChI is InChI=1S/C16H27NO3/c1-6-14(20-8-3)16(17-7-2)13-10-9-12(18-4)11-15(13)19-5/h9-11,14,16-17H,6-8H2,1-5H3. The lowest BCUT2D eigenvalue weighted by Crippen LogP contribution is -2.33. The van der Waals surface area contributed by atoms with E-state index in [4.69, 9.17) is 14.2 Å². The second-order valence-corrected chi connectivity index (χ2v) is 4.55. The summed E-state index contributed by atoms with van der Waals surface area (Å²) in [5, 5.41) is 3.50. The lowest BCUT2D eigenvalue weighted by molar-refractivity contribution is 0.0312. The van der Waals surface area contributed by atoms with Crippen molar-refractivity contribution in [2.24, 2.45) is 0 Å². The Kier molecular flexibility index (Phi) is 7.41. The van der Waals surface area contributed by atoms with Crippen molar-refractivity contribution in [2.45, 2.75) is 39.3 Å². The third-order valence-corrected chi connectivity index (χ3v) is 3.35. The van der Waals surface area contributed by atoms with Crippen molar-refractivity contribution in [2.75, 3.05) is 27.4 Å². The fourth-order valence-corrected chi connectivity index (χ4v) is 2.40. The monoisotopic (exact) mass is 281 g/mol. The Morgan fingerprint density at radius 2 is 1.85 bits per heavy atom. The molecule has 0 aromatic heterocycles. The number of hydrogen-bond acceptors (Lipinski definition) is 4. The zero-order valence-corrected chi connectivity index (χ0v) is 13.2. The van der Waals surface area contributed by atoms with Gasteiger partial charge in [-0.05, 0) is 32.0 Å². The Bertz CT molecular complexity index is 395. The van der Waals surface area contributed by atoms with E-state index in [2.05, 4.69) is 19.2 Å². The Hall–Kier alpha value is -1.26. The van der Waals surface area contributed by atoms with Crippen LogP contribution in [-0.4, -0.2) is 33.5 Å². The number of methoxy groups -OCH3 is 2. The first-order valence-electron chi connectivity index (χ1n) is 7.28. The van der Waals surface area contributed by atoms with Gasteiger partial charge in [0.2, 0.25) is 0 Å². The minimum absolute atomic E-state index is 0.116. The quantitative estimate of drug-likeness (QED) is 0.754. The maximum absolute atomic E-state index is 5.87. The molecule has 1 aromatic carbocycles. The summed E-state index contributed by atoms with van der Waals surface area (Å²) in [6, 6.07) is 6.04. The van der Waals surface area contributed by atoms with E-state index in [1.54, 1.807) is 14.2 Å². The van der Waals surface area contributed by atoms with Crippen LogP contribution in [0, 0.1) is 0 Å². The summed E-state index contributed by atoms with van der Waals surface area (Å²) in [6.45, 7) is 7.85. The Morgan fingerprint density at radius 1 is 1.10 bits per heavy atom. The summed E-state index contributed by atoms with van der Waals surface area (Å²) >= 11 is 0. The Balaban J connectivity index is 3.12. The summed E-state index contributed by atoms with van der Waals surface area (Å²) in [5.74, 6) is 1.62. The van der Waals surface area contributed by atoms with Gasteiger partial charge in [0.25, 0.3) is 0 Å². The van der Waals surface area contributed by atoms with Gasteiger partial charge in [-0.2, -0.15) is 0 Å². The SMILES string of the molecule is CCNC(c1ccc(OC)cc1OC)C(CC)OCC. The molecule has 114 valence electrons. The van der Waals surface area contributed by atoms with E-state index in [-0.39, 0.29) is 12.1 Å². The summed E-state index contributed by atoms with van der Waals surface area (Å²) < 4.78 is 16.6. The molecule has 0 aliphatic heterocycles. The largest absolute Gasteiger partial charge is 0.497 e. The topological polar surface area (TPSA) is 39.7 Å². The first-order valence-corrected chi connectivity index (χ1v) is 7.28. The van der Waals surface area contributed by atoms with Gasteiger partial charge in [0.05, 0.1) is 26.4 Å². The van der Waals surface area contributed by atoms with Gasteiger partial charge in [-0.3, -0.25) is 0 Å². The summed E-state index contributed by atoms with van der Waals surface area (Å²) in [7, 11) is 3.34. The fourth-order valence-electron chi connectivity index (χ4n) is 2.40. The number of benzene rings is 1. The molecule has 0 spiro atoms. The molecule has 1 aromatic rings. The van der Waals surface area contributed by atoms with Crippen molar-refractivity contribution in [3.05, 3.63) is 23.8 Å². The van der Waals surface area contributed by atoms with E-state index < -0.39 is 0 Å². The van der Waals surface area contributed by atoms with E-state index in [0.29, 0.717) is 6.61 Å². The zero-order valence-electron chi connectivity index (χ0n) is 13.2. The average molecular weight is 281 g/mol. The normalized spacial score (nSPS) is 13.8. The van der Waals surface area contributed by atoms with Gasteiger partial charge in [-0.15, -0.1) is 0 Å². The molecule has 1 rings (SSSR count). The molecule has 0 bridgehead atoms. The van der Waals surface area contributed by atoms with Crippen LogP contribution in [0.15, 0.2) is 18.2 Å². The van der Waals surface area contributed by atoms with Gasteiger partial charge in [-0.1, -0.05) is 13.8 Å². The number of rotatable bonds is 9. The molecule has 0 radical (unpaired) electrons. The molecule has 0 aliphatic rings. The maximum atomic E-state index is 5.87. The van der Waals surface area contributed by atoms with Crippen LogP contribution in [0.1, 0.15) is 38.8 Å². The van der Waals surface area contributed by atoms with Crippen molar-refractivity contribution in [3.8, 4) is 11.5 Å². The van der Waals surface area contributed by atoms with Crippen LogP contribution in [-0.2, 0) is 4.74 Å². The summed E-state index contributed by atoms with van der Waals surface area (Å²) in [4.78, 5) is 0. The molecule has 4 heteroatoms. The van der Waals surface area contributed by atoms with Gasteiger partial charge < -0.3 is 19.5 Å². The van der Waals surface area contributed by atoms with Crippen molar-refractivity contribution >= 4 is 0 Å². The van der Waals surface area contributed by atoms with Crippen molar-refractivity contribution < 1.29 is 14.2 Å². The smallest absolute Gasteiger partial charge is 0.127 e. The lowest BCUT2D eigenvalue weighted by Gasteiger charge is -2.28. The predicted molar refractivity (Wildman–Crippen MR) is 81.7 cm³/mol. The molecular formula is C16H27NO3. The highest BCUT2D eigenvalue weighted by atomic mass is 16.5. The third kappa shape index (κ3) is 4.12. The Morgan fingerprint density at radius 3 is 2.35 bits per heavy atom. The predicted octanol–water partition coefficient (Wildman–Crippen LogP) is 3.17. The number of ether oxygens (including phenoxy) is 3. The second kappa shape index (κ2) is 8.82. The van der Waals surface area contributed by atoms with Crippen LogP contribution >= 0.6 is 0 Å². The van der Waals surface area contributed by atoms with Crippen molar-refractivity contribution in [3.63, 3.8) is 0 Å². The molecule has 0 aliphatic carbocycles. The molecule has 20 heavy (non-hydrogen) atoms. The average Bonchev–Trinajstić information content (AvgIpc) is 2.50. The van der Waals surface area contributed by atoms with Gasteiger partial charge in [-0.25, -0.2) is 0 Å². The van der Waals surface area contributed by atoms with Crippen LogP contribution in [0.25, 0.3) is 0 Å². The molecule has 0 amide bonds. The highest BCUT2D eigenvalue weighted by Gasteiger charge is 2.24. The molecule has 2 atom stereocenters. The van der Waals surface area contributed by atoms with Crippen LogP contribution in [0.5, 0.6) is 11.5 Å². The van der Waals surface area contributed by atoms with E-state index >= 15 is 0 Å². The summed E-state index contributed by atoms with van der Waals surface area (Å²) in [5.41, 5.74) is 1.11.